The Morgan fingerprint density at radius 3 is 2.81 bits per heavy atom. The Labute approximate surface area is 123 Å². The average molecular weight is 299 g/mol. The van der Waals surface area contributed by atoms with Crippen LogP contribution in [-0.2, 0) is 4.79 Å². The molecule has 0 bridgehead atoms. The maximum atomic E-state index is 11.8. The van der Waals surface area contributed by atoms with Gasteiger partial charge in [0.2, 0.25) is 5.89 Å². The summed E-state index contributed by atoms with van der Waals surface area (Å²) in [4.78, 5) is 27.5. The highest BCUT2D eigenvalue weighted by molar-refractivity contribution is 7.13. The van der Waals surface area contributed by atoms with E-state index >= 15 is 0 Å². The number of carboxylic acid groups (broad SMARTS) is 1. The average Bonchev–Trinajstić information content (AvgIpc) is 3.11. The van der Waals surface area contributed by atoms with E-state index in [9.17, 15) is 9.59 Å². The molecule has 3 rings (SSSR count). The number of thiophene rings is 1. The van der Waals surface area contributed by atoms with E-state index in [1.54, 1.807) is 18.2 Å². The highest BCUT2D eigenvalue weighted by Crippen LogP contribution is 2.28. The number of ketones is 1. The number of rotatable bonds is 4. The van der Waals surface area contributed by atoms with Gasteiger partial charge in [-0.3, -0.25) is 4.79 Å². The lowest BCUT2D eigenvalue weighted by atomic mass is 10.1. The second-order valence-corrected chi connectivity index (χ2v) is 5.16. The molecule has 3 aromatic rings. The molecule has 0 radical (unpaired) electrons. The zero-order valence-electron chi connectivity index (χ0n) is 10.6. The van der Waals surface area contributed by atoms with Crippen LogP contribution in [0, 0.1) is 0 Å². The molecule has 2 heterocycles. The SMILES string of the molecule is O=C(O)C=CC(=O)c1ccc2nc(-c3cccs3)oc2c1. The van der Waals surface area contributed by atoms with Gasteiger partial charge in [-0.15, -0.1) is 11.3 Å². The molecule has 21 heavy (non-hydrogen) atoms. The van der Waals surface area contributed by atoms with Gasteiger partial charge in [0.15, 0.2) is 11.4 Å². The lowest BCUT2D eigenvalue weighted by Crippen LogP contribution is -1.96. The molecular formula is C15H9NO4S. The molecule has 0 saturated heterocycles. The molecular weight excluding hydrogens is 290 g/mol. The van der Waals surface area contributed by atoms with Crippen LogP contribution in [-0.4, -0.2) is 21.8 Å². The van der Waals surface area contributed by atoms with Crippen LogP contribution in [0.25, 0.3) is 21.9 Å². The third-order valence-electron chi connectivity index (χ3n) is 2.78. The molecule has 0 saturated carbocycles. The number of aromatic nitrogens is 1. The van der Waals surface area contributed by atoms with E-state index in [0.717, 1.165) is 17.0 Å². The molecule has 0 spiro atoms. The number of fused-ring (bicyclic) bond motifs is 1. The second-order valence-electron chi connectivity index (χ2n) is 4.21. The minimum absolute atomic E-state index is 0.355. The van der Waals surface area contributed by atoms with Crippen molar-refractivity contribution in [3.63, 3.8) is 0 Å². The van der Waals surface area contributed by atoms with Crippen molar-refractivity contribution in [1.29, 1.82) is 0 Å². The maximum absolute atomic E-state index is 11.8. The highest BCUT2D eigenvalue weighted by Gasteiger charge is 2.11. The first-order valence-corrected chi connectivity index (χ1v) is 6.91. The third-order valence-corrected chi connectivity index (χ3v) is 3.64. The van der Waals surface area contributed by atoms with Crippen molar-refractivity contribution >= 4 is 34.2 Å². The van der Waals surface area contributed by atoms with E-state index in [2.05, 4.69) is 4.98 Å². The normalized spacial score (nSPS) is 11.2. The molecule has 6 heteroatoms. The summed E-state index contributed by atoms with van der Waals surface area (Å²) in [6.07, 6.45) is 1.82. The zero-order valence-corrected chi connectivity index (χ0v) is 11.5. The number of benzene rings is 1. The fourth-order valence-corrected chi connectivity index (χ4v) is 2.48. The number of carbonyl (C=O) groups excluding carboxylic acids is 1. The van der Waals surface area contributed by atoms with E-state index in [4.69, 9.17) is 9.52 Å². The minimum Gasteiger partial charge on any atom is -0.478 e. The number of oxazole rings is 1. The van der Waals surface area contributed by atoms with Gasteiger partial charge in [0, 0.05) is 11.6 Å². The Morgan fingerprint density at radius 1 is 1.24 bits per heavy atom. The van der Waals surface area contributed by atoms with Gasteiger partial charge in [-0.2, -0.15) is 0 Å². The summed E-state index contributed by atoms with van der Waals surface area (Å²) >= 11 is 1.51. The van der Waals surface area contributed by atoms with Gasteiger partial charge in [0.1, 0.15) is 5.52 Å². The third kappa shape index (κ3) is 2.75. The van der Waals surface area contributed by atoms with Crippen LogP contribution in [0.4, 0.5) is 0 Å². The fourth-order valence-electron chi connectivity index (χ4n) is 1.83. The van der Waals surface area contributed by atoms with Crippen LogP contribution in [0.3, 0.4) is 0 Å². The van der Waals surface area contributed by atoms with Crippen LogP contribution in [0.1, 0.15) is 10.4 Å². The molecule has 5 nitrogen and oxygen atoms in total. The highest BCUT2D eigenvalue weighted by atomic mass is 32.1. The van der Waals surface area contributed by atoms with E-state index in [-0.39, 0.29) is 0 Å². The quantitative estimate of drug-likeness (QED) is 0.590. The van der Waals surface area contributed by atoms with Crippen molar-refractivity contribution < 1.29 is 19.1 Å². The summed E-state index contributed by atoms with van der Waals surface area (Å²) in [7, 11) is 0. The minimum atomic E-state index is -1.16. The number of carbonyl (C=O) groups is 2. The zero-order chi connectivity index (χ0) is 14.8. The number of aliphatic carboxylic acids is 1. The molecule has 2 aromatic heterocycles. The Balaban J connectivity index is 1.97. The Bertz CT molecular complexity index is 846. The molecule has 0 amide bonds. The largest absolute Gasteiger partial charge is 0.478 e. The van der Waals surface area contributed by atoms with Crippen LogP contribution in [0.2, 0.25) is 0 Å². The molecule has 0 atom stereocenters. The second kappa shape index (κ2) is 5.34. The Kier molecular flexibility index (Phi) is 3.37. The molecule has 0 aliphatic carbocycles. The van der Waals surface area contributed by atoms with Gasteiger partial charge < -0.3 is 9.52 Å². The Morgan fingerprint density at radius 2 is 2.10 bits per heavy atom. The van der Waals surface area contributed by atoms with Crippen molar-refractivity contribution in [2.75, 3.05) is 0 Å². The number of carboxylic acids is 1. The number of hydrogen-bond acceptors (Lipinski definition) is 5. The first-order valence-electron chi connectivity index (χ1n) is 6.03. The molecule has 1 aromatic carbocycles. The van der Waals surface area contributed by atoms with Crippen molar-refractivity contribution in [2.45, 2.75) is 0 Å². The van der Waals surface area contributed by atoms with Crippen LogP contribution in [0.15, 0.2) is 52.3 Å². The summed E-state index contributed by atoms with van der Waals surface area (Å²) in [5.74, 6) is -1.05. The molecule has 0 aliphatic heterocycles. The van der Waals surface area contributed by atoms with E-state index in [1.165, 1.54) is 11.3 Å². The predicted molar refractivity (Wildman–Crippen MR) is 78.4 cm³/mol. The summed E-state index contributed by atoms with van der Waals surface area (Å²) in [5, 5.41) is 10.5. The van der Waals surface area contributed by atoms with Crippen molar-refractivity contribution in [1.82, 2.24) is 4.98 Å². The monoisotopic (exact) mass is 299 g/mol. The van der Waals surface area contributed by atoms with Gasteiger partial charge in [-0.25, -0.2) is 9.78 Å². The molecule has 0 aliphatic rings. The van der Waals surface area contributed by atoms with Crippen molar-refractivity contribution in [3.8, 4) is 10.8 Å². The first-order chi connectivity index (χ1) is 10.1. The molecule has 0 fully saturated rings. The number of nitrogens with zero attached hydrogens (tertiary/aromatic N) is 1. The smallest absolute Gasteiger partial charge is 0.328 e. The fraction of sp³-hybridized carbons (Fsp3) is 0. The van der Waals surface area contributed by atoms with Crippen LogP contribution >= 0.6 is 11.3 Å². The number of hydrogen-bond donors (Lipinski definition) is 1. The van der Waals surface area contributed by atoms with E-state index in [1.807, 2.05) is 17.5 Å². The van der Waals surface area contributed by atoms with Gasteiger partial charge >= 0.3 is 5.97 Å². The summed E-state index contributed by atoms with van der Waals surface area (Å²) in [6, 6.07) is 8.64. The number of allylic oxidation sites excluding steroid dienone is 1. The first kappa shape index (κ1) is 13.3. The van der Waals surface area contributed by atoms with Crippen LogP contribution < -0.4 is 0 Å². The van der Waals surface area contributed by atoms with E-state index < -0.39 is 11.8 Å². The van der Waals surface area contributed by atoms with Crippen molar-refractivity contribution in [3.05, 3.63) is 53.4 Å². The summed E-state index contributed by atoms with van der Waals surface area (Å²) in [5.41, 5.74) is 1.50. The topological polar surface area (TPSA) is 80.4 Å². The van der Waals surface area contributed by atoms with Gasteiger partial charge in [0.25, 0.3) is 0 Å². The lowest BCUT2D eigenvalue weighted by molar-refractivity contribution is -0.131. The van der Waals surface area contributed by atoms with Crippen molar-refractivity contribution in [2.24, 2.45) is 0 Å². The standard InChI is InChI=1S/C15H9NO4S/c17-11(5-6-14(18)19)9-3-4-10-12(8-9)20-15(16-10)13-2-1-7-21-13/h1-8H,(H,18,19). The Hall–Kier alpha value is -2.73. The molecule has 104 valence electrons. The van der Waals surface area contributed by atoms with Gasteiger partial charge in [0.05, 0.1) is 4.88 Å². The van der Waals surface area contributed by atoms with Gasteiger partial charge in [-0.05, 0) is 35.7 Å². The molecule has 1 N–H and O–H groups in total. The molecule has 0 unspecified atom stereocenters. The maximum Gasteiger partial charge on any atom is 0.328 e. The van der Waals surface area contributed by atoms with Crippen LogP contribution in [0.5, 0.6) is 0 Å². The summed E-state index contributed by atoms with van der Waals surface area (Å²) < 4.78 is 5.64. The lowest BCUT2D eigenvalue weighted by Gasteiger charge is -1.94. The summed E-state index contributed by atoms with van der Waals surface area (Å²) in [6.45, 7) is 0. The van der Waals surface area contributed by atoms with Gasteiger partial charge in [-0.1, -0.05) is 6.07 Å². The van der Waals surface area contributed by atoms with E-state index in [0.29, 0.717) is 22.6 Å². The predicted octanol–water partition coefficient (Wildman–Crippen LogP) is 3.38.